The van der Waals surface area contributed by atoms with Crippen LogP contribution in [0.3, 0.4) is 0 Å². The Balaban J connectivity index is 2.02. The first-order valence-corrected chi connectivity index (χ1v) is 6.30. The van der Waals surface area contributed by atoms with Gasteiger partial charge in [-0.1, -0.05) is 35.9 Å². The summed E-state index contributed by atoms with van der Waals surface area (Å²) in [4.78, 5) is 11.9. The third-order valence-electron chi connectivity index (χ3n) is 2.90. The Morgan fingerprint density at radius 1 is 1.18 bits per heavy atom. The van der Waals surface area contributed by atoms with E-state index in [9.17, 15) is 4.79 Å². The van der Waals surface area contributed by atoms with Crippen LogP contribution in [-0.4, -0.2) is 5.78 Å². The van der Waals surface area contributed by atoms with Crippen LogP contribution in [0.1, 0.15) is 31.2 Å². The lowest BCUT2D eigenvalue weighted by atomic mass is 9.96. The summed E-state index contributed by atoms with van der Waals surface area (Å²) in [6.07, 6.45) is 9.86. The number of halogens is 1. The average Bonchev–Trinajstić information content (AvgIpc) is 2.39. The van der Waals surface area contributed by atoms with Crippen molar-refractivity contribution in [3.8, 4) is 0 Å². The second kappa shape index (κ2) is 5.83. The third-order valence-corrected chi connectivity index (χ3v) is 3.16. The Kier molecular flexibility index (Phi) is 4.16. The summed E-state index contributed by atoms with van der Waals surface area (Å²) < 4.78 is 0. The first-order chi connectivity index (χ1) is 8.25. The minimum Gasteiger partial charge on any atom is -0.290 e. The Morgan fingerprint density at radius 2 is 1.94 bits per heavy atom. The lowest BCUT2D eigenvalue weighted by Crippen LogP contribution is -2.02. The van der Waals surface area contributed by atoms with Crippen LogP contribution in [0.4, 0.5) is 0 Å². The molecule has 17 heavy (non-hydrogen) atoms. The summed E-state index contributed by atoms with van der Waals surface area (Å²) in [6.45, 7) is 0. The molecule has 0 bridgehead atoms. The predicted molar refractivity (Wildman–Crippen MR) is 72.0 cm³/mol. The van der Waals surface area contributed by atoms with E-state index in [1.807, 2.05) is 30.3 Å². The number of hydrogen-bond donors (Lipinski definition) is 0. The van der Waals surface area contributed by atoms with Gasteiger partial charge in [0.1, 0.15) is 0 Å². The molecule has 2 heteroatoms. The Morgan fingerprint density at radius 3 is 2.59 bits per heavy atom. The van der Waals surface area contributed by atoms with Crippen molar-refractivity contribution in [1.82, 2.24) is 0 Å². The SMILES string of the molecule is O=C(/C=C/c1ccc(Cl)cc1)C1=CCCCC1. The smallest absolute Gasteiger partial charge is 0.181 e. The minimum absolute atomic E-state index is 0.139. The maximum Gasteiger partial charge on any atom is 0.181 e. The summed E-state index contributed by atoms with van der Waals surface area (Å²) in [5.74, 6) is 0.139. The van der Waals surface area contributed by atoms with E-state index < -0.39 is 0 Å². The standard InChI is InChI=1S/C15H15ClO/c16-14-9-6-12(7-10-14)8-11-15(17)13-4-2-1-3-5-13/h4,6-11H,1-3,5H2/b11-8+. The topological polar surface area (TPSA) is 17.1 Å². The third kappa shape index (κ3) is 3.57. The monoisotopic (exact) mass is 246 g/mol. The summed E-state index contributed by atoms with van der Waals surface area (Å²) in [7, 11) is 0. The fourth-order valence-electron chi connectivity index (χ4n) is 1.91. The molecule has 1 aliphatic carbocycles. The molecule has 0 aliphatic heterocycles. The predicted octanol–water partition coefficient (Wildman–Crippen LogP) is 4.42. The molecule has 2 rings (SSSR count). The molecule has 1 aliphatic rings. The molecule has 0 spiro atoms. The number of hydrogen-bond acceptors (Lipinski definition) is 1. The van der Waals surface area contributed by atoms with Crippen LogP contribution in [-0.2, 0) is 4.79 Å². The van der Waals surface area contributed by atoms with Gasteiger partial charge in [-0.2, -0.15) is 0 Å². The Labute approximate surface area is 107 Å². The number of benzene rings is 1. The first kappa shape index (κ1) is 12.1. The molecule has 0 saturated carbocycles. The second-order valence-corrected chi connectivity index (χ2v) is 4.66. The van der Waals surface area contributed by atoms with Gasteiger partial charge in [-0.3, -0.25) is 4.79 Å². The maximum absolute atomic E-state index is 11.9. The van der Waals surface area contributed by atoms with Crippen LogP contribution in [0.5, 0.6) is 0 Å². The van der Waals surface area contributed by atoms with Crippen molar-refractivity contribution in [3.63, 3.8) is 0 Å². The van der Waals surface area contributed by atoms with Crippen molar-refractivity contribution in [2.24, 2.45) is 0 Å². The summed E-state index contributed by atoms with van der Waals surface area (Å²) in [5.41, 5.74) is 1.96. The van der Waals surface area contributed by atoms with Gasteiger partial charge in [-0.15, -0.1) is 0 Å². The van der Waals surface area contributed by atoms with Crippen molar-refractivity contribution < 1.29 is 4.79 Å². The van der Waals surface area contributed by atoms with E-state index in [4.69, 9.17) is 11.6 Å². The number of allylic oxidation sites excluding steroid dienone is 3. The zero-order valence-electron chi connectivity index (χ0n) is 9.66. The van der Waals surface area contributed by atoms with Crippen LogP contribution >= 0.6 is 11.6 Å². The van der Waals surface area contributed by atoms with Crippen molar-refractivity contribution in [1.29, 1.82) is 0 Å². The molecule has 1 aromatic carbocycles. The van der Waals surface area contributed by atoms with Gasteiger partial charge in [-0.25, -0.2) is 0 Å². The van der Waals surface area contributed by atoms with E-state index in [0.29, 0.717) is 5.02 Å². The van der Waals surface area contributed by atoms with E-state index in [2.05, 4.69) is 6.08 Å². The maximum atomic E-state index is 11.9. The molecule has 0 radical (unpaired) electrons. The van der Waals surface area contributed by atoms with Gasteiger partial charge in [0.15, 0.2) is 5.78 Å². The van der Waals surface area contributed by atoms with Gasteiger partial charge in [0.05, 0.1) is 0 Å². The molecular weight excluding hydrogens is 232 g/mol. The second-order valence-electron chi connectivity index (χ2n) is 4.22. The van der Waals surface area contributed by atoms with Crippen molar-refractivity contribution in [3.05, 3.63) is 52.6 Å². The molecule has 1 aromatic rings. The highest BCUT2D eigenvalue weighted by molar-refractivity contribution is 6.30. The van der Waals surface area contributed by atoms with Crippen molar-refractivity contribution >= 4 is 23.5 Å². The molecule has 0 amide bonds. The molecule has 0 N–H and O–H groups in total. The molecule has 0 unspecified atom stereocenters. The van der Waals surface area contributed by atoms with E-state index in [-0.39, 0.29) is 5.78 Å². The van der Waals surface area contributed by atoms with Crippen molar-refractivity contribution in [2.75, 3.05) is 0 Å². The molecule has 0 saturated heterocycles. The van der Waals surface area contributed by atoms with E-state index >= 15 is 0 Å². The highest BCUT2D eigenvalue weighted by Crippen LogP contribution is 2.19. The molecule has 0 fully saturated rings. The first-order valence-electron chi connectivity index (χ1n) is 5.93. The van der Waals surface area contributed by atoms with Gasteiger partial charge in [-0.05, 0) is 55.0 Å². The highest BCUT2D eigenvalue weighted by atomic mass is 35.5. The van der Waals surface area contributed by atoms with Crippen LogP contribution in [0, 0.1) is 0 Å². The normalized spacial score (nSPS) is 15.9. The van der Waals surface area contributed by atoms with Crippen LogP contribution in [0.25, 0.3) is 6.08 Å². The molecular formula is C15H15ClO. The lowest BCUT2D eigenvalue weighted by molar-refractivity contribution is -0.111. The number of ketones is 1. The van der Waals surface area contributed by atoms with Gasteiger partial charge in [0.2, 0.25) is 0 Å². The van der Waals surface area contributed by atoms with Crippen LogP contribution < -0.4 is 0 Å². The molecule has 0 aromatic heterocycles. The molecule has 0 atom stereocenters. The van der Waals surface area contributed by atoms with E-state index in [1.165, 1.54) is 6.42 Å². The van der Waals surface area contributed by atoms with Gasteiger partial charge < -0.3 is 0 Å². The molecule has 1 nitrogen and oxygen atoms in total. The van der Waals surface area contributed by atoms with Gasteiger partial charge in [0, 0.05) is 5.02 Å². The van der Waals surface area contributed by atoms with E-state index in [1.54, 1.807) is 6.08 Å². The summed E-state index contributed by atoms with van der Waals surface area (Å²) in [6, 6.07) is 7.46. The molecule has 0 heterocycles. The highest BCUT2D eigenvalue weighted by Gasteiger charge is 2.08. The number of carbonyl (C=O) groups excluding carboxylic acids is 1. The van der Waals surface area contributed by atoms with Crippen LogP contribution in [0.2, 0.25) is 5.02 Å². The minimum atomic E-state index is 0.139. The van der Waals surface area contributed by atoms with Crippen molar-refractivity contribution in [2.45, 2.75) is 25.7 Å². The van der Waals surface area contributed by atoms with E-state index in [0.717, 1.165) is 30.4 Å². The lowest BCUT2D eigenvalue weighted by Gasteiger charge is -2.08. The zero-order chi connectivity index (χ0) is 12.1. The zero-order valence-corrected chi connectivity index (χ0v) is 10.4. The Bertz CT molecular complexity index is 454. The van der Waals surface area contributed by atoms with Crippen LogP contribution in [0.15, 0.2) is 42.0 Å². The quantitative estimate of drug-likeness (QED) is 0.722. The van der Waals surface area contributed by atoms with Gasteiger partial charge in [0.25, 0.3) is 0 Å². The van der Waals surface area contributed by atoms with Gasteiger partial charge >= 0.3 is 0 Å². The average molecular weight is 247 g/mol. The fourth-order valence-corrected chi connectivity index (χ4v) is 2.04. The summed E-state index contributed by atoms with van der Waals surface area (Å²) in [5, 5.41) is 0.712. The molecule has 88 valence electrons. The Hall–Kier alpha value is -1.34. The number of carbonyl (C=O) groups is 1. The largest absolute Gasteiger partial charge is 0.290 e. The number of rotatable bonds is 3. The summed E-state index contributed by atoms with van der Waals surface area (Å²) >= 11 is 5.80. The fraction of sp³-hybridized carbons (Fsp3) is 0.267.